The second kappa shape index (κ2) is 5.03. The smallest absolute Gasteiger partial charge is 0.294 e. The molecule has 0 atom stereocenters. The highest BCUT2D eigenvalue weighted by molar-refractivity contribution is 9.10. The average molecular weight is 321 g/mol. The Balaban J connectivity index is 2.40. The molecule has 1 aromatic rings. The van der Waals surface area contributed by atoms with Crippen LogP contribution in [-0.4, -0.2) is 5.78 Å². The zero-order chi connectivity index (χ0) is 13.3. The molecule has 0 amide bonds. The Hall–Kier alpha value is -0.840. The number of carbonyl (C=O) groups is 1. The molecular weight excluding hydrogens is 309 g/mol. The first-order valence-corrected chi connectivity index (χ1v) is 6.60. The summed E-state index contributed by atoms with van der Waals surface area (Å²) < 4.78 is 39.0. The van der Waals surface area contributed by atoms with Gasteiger partial charge in [-0.05, 0) is 31.0 Å². The van der Waals surface area contributed by atoms with Gasteiger partial charge in [-0.1, -0.05) is 28.8 Å². The van der Waals surface area contributed by atoms with E-state index in [0.717, 1.165) is 18.9 Å². The van der Waals surface area contributed by atoms with Crippen LogP contribution in [0.3, 0.4) is 0 Å². The molecule has 0 bridgehead atoms. The molecule has 1 aliphatic rings. The van der Waals surface area contributed by atoms with Crippen LogP contribution in [0.5, 0.6) is 0 Å². The molecular formula is C13H12BrF3O. The molecule has 0 radical (unpaired) electrons. The van der Waals surface area contributed by atoms with E-state index < -0.39 is 11.7 Å². The van der Waals surface area contributed by atoms with E-state index in [1.165, 1.54) is 12.1 Å². The zero-order valence-corrected chi connectivity index (χ0v) is 11.1. The van der Waals surface area contributed by atoms with Crippen LogP contribution in [-0.2, 0) is 6.18 Å². The standard InChI is InChI=1S/C13H12BrF3O/c14-9-5-6-10(11(7-9)13(15,16)17)12(18)8-3-1-2-4-8/h5-8H,1-4H2. The number of ketones is 1. The zero-order valence-electron chi connectivity index (χ0n) is 9.56. The third-order valence-electron chi connectivity index (χ3n) is 3.28. The van der Waals surface area contributed by atoms with Crippen LogP contribution >= 0.6 is 15.9 Å². The highest BCUT2D eigenvalue weighted by Crippen LogP contribution is 2.37. The summed E-state index contributed by atoms with van der Waals surface area (Å²) in [6, 6.07) is 3.73. The lowest BCUT2D eigenvalue weighted by Crippen LogP contribution is -2.18. The molecule has 5 heteroatoms. The van der Waals surface area contributed by atoms with E-state index in [0.29, 0.717) is 17.3 Å². The molecule has 0 unspecified atom stereocenters. The molecule has 0 aromatic heterocycles. The minimum Gasteiger partial charge on any atom is -0.294 e. The van der Waals surface area contributed by atoms with Crippen LogP contribution in [0.1, 0.15) is 41.6 Å². The van der Waals surface area contributed by atoms with Gasteiger partial charge in [-0.2, -0.15) is 13.2 Å². The second-order valence-corrected chi connectivity index (χ2v) is 5.45. The van der Waals surface area contributed by atoms with E-state index >= 15 is 0 Å². The van der Waals surface area contributed by atoms with Crippen LogP contribution < -0.4 is 0 Å². The Bertz CT molecular complexity index is 462. The molecule has 18 heavy (non-hydrogen) atoms. The predicted molar refractivity (Wildman–Crippen MR) is 65.4 cm³/mol. The van der Waals surface area contributed by atoms with Gasteiger partial charge in [0.2, 0.25) is 0 Å². The quantitative estimate of drug-likeness (QED) is 0.712. The van der Waals surface area contributed by atoms with Crippen molar-refractivity contribution in [3.63, 3.8) is 0 Å². The summed E-state index contributed by atoms with van der Waals surface area (Å²) in [4.78, 5) is 12.1. The molecule has 0 aliphatic heterocycles. The number of benzene rings is 1. The first kappa shape index (κ1) is 13.6. The lowest BCUT2D eigenvalue weighted by molar-refractivity contribution is -0.138. The highest BCUT2D eigenvalue weighted by atomic mass is 79.9. The first-order valence-electron chi connectivity index (χ1n) is 5.80. The molecule has 1 aliphatic carbocycles. The van der Waals surface area contributed by atoms with Gasteiger partial charge in [-0.25, -0.2) is 0 Å². The maximum Gasteiger partial charge on any atom is 0.417 e. The number of hydrogen-bond donors (Lipinski definition) is 0. The summed E-state index contributed by atoms with van der Waals surface area (Å²) in [5.41, 5.74) is -1.04. The van der Waals surface area contributed by atoms with Crippen molar-refractivity contribution in [3.05, 3.63) is 33.8 Å². The monoisotopic (exact) mass is 320 g/mol. The number of halogens is 4. The van der Waals surface area contributed by atoms with E-state index in [-0.39, 0.29) is 17.3 Å². The van der Waals surface area contributed by atoms with E-state index in [2.05, 4.69) is 15.9 Å². The Morgan fingerprint density at radius 1 is 1.22 bits per heavy atom. The third-order valence-corrected chi connectivity index (χ3v) is 3.77. The fourth-order valence-electron chi connectivity index (χ4n) is 2.37. The molecule has 0 spiro atoms. The van der Waals surface area contributed by atoms with Crippen LogP contribution in [0.2, 0.25) is 0 Å². The van der Waals surface area contributed by atoms with E-state index in [9.17, 15) is 18.0 Å². The van der Waals surface area contributed by atoms with Gasteiger partial charge in [0.15, 0.2) is 5.78 Å². The van der Waals surface area contributed by atoms with Gasteiger partial charge in [0.1, 0.15) is 0 Å². The van der Waals surface area contributed by atoms with E-state index in [1.54, 1.807) is 0 Å². The van der Waals surface area contributed by atoms with Crippen molar-refractivity contribution in [2.24, 2.45) is 5.92 Å². The largest absolute Gasteiger partial charge is 0.417 e. The molecule has 1 saturated carbocycles. The van der Waals surface area contributed by atoms with E-state index in [4.69, 9.17) is 0 Å². The topological polar surface area (TPSA) is 17.1 Å². The summed E-state index contributed by atoms with van der Waals surface area (Å²) in [6.45, 7) is 0. The van der Waals surface area contributed by atoms with Crippen molar-refractivity contribution < 1.29 is 18.0 Å². The molecule has 0 N–H and O–H groups in total. The average Bonchev–Trinajstić information content (AvgIpc) is 2.80. The third kappa shape index (κ3) is 2.76. The van der Waals surface area contributed by atoms with Crippen molar-refractivity contribution in [2.75, 3.05) is 0 Å². The molecule has 0 saturated heterocycles. The second-order valence-electron chi connectivity index (χ2n) is 4.53. The van der Waals surface area contributed by atoms with Crippen molar-refractivity contribution >= 4 is 21.7 Å². The van der Waals surface area contributed by atoms with Crippen molar-refractivity contribution in [2.45, 2.75) is 31.9 Å². The number of rotatable bonds is 2. The van der Waals surface area contributed by atoms with Gasteiger partial charge in [0.25, 0.3) is 0 Å². The molecule has 0 heterocycles. The Morgan fingerprint density at radius 2 is 1.83 bits per heavy atom. The van der Waals surface area contributed by atoms with Crippen LogP contribution in [0, 0.1) is 5.92 Å². The SMILES string of the molecule is O=C(c1ccc(Br)cc1C(F)(F)F)C1CCCC1. The normalized spacial score (nSPS) is 17.1. The lowest BCUT2D eigenvalue weighted by atomic mass is 9.93. The van der Waals surface area contributed by atoms with Gasteiger partial charge in [0.05, 0.1) is 5.56 Å². The van der Waals surface area contributed by atoms with Crippen LogP contribution in [0.15, 0.2) is 22.7 Å². The molecule has 1 fully saturated rings. The summed E-state index contributed by atoms with van der Waals surface area (Å²) in [6.07, 6.45) is -1.24. The van der Waals surface area contributed by atoms with Gasteiger partial charge < -0.3 is 0 Å². The molecule has 98 valence electrons. The van der Waals surface area contributed by atoms with Crippen molar-refractivity contribution in [1.82, 2.24) is 0 Å². The summed E-state index contributed by atoms with van der Waals surface area (Å²) >= 11 is 3.01. The fraction of sp³-hybridized carbons (Fsp3) is 0.462. The lowest BCUT2D eigenvalue weighted by Gasteiger charge is -2.15. The Kier molecular flexibility index (Phi) is 3.80. The summed E-state index contributed by atoms with van der Waals surface area (Å²) in [5.74, 6) is -0.611. The Morgan fingerprint density at radius 3 is 2.39 bits per heavy atom. The van der Waals surface area contributed by atoms with Gasteiger partial charge in [-0.3, -0.25) is 4.79 Å². The van der Waals surface area contributed by atoms with E-state index in [1.807, 2.05) is 0 Å². The van der Waals surface area contributed by atoms with Crippen molar-refractivity contribution in [3.8, 4) is 0 Å². The van der Waals surface area contributed by atoms with Crippen molar-refractivity contribution in [1.29, 1.82) is 0 Å². The van der Waals surface area contributed by atoms with Gasteiger partial charge in [-0.15, -0.1) is 0 Å². The predicted octanol–water partition coefficient (Wildman–Crippen LogP) is 4.84. The van der Waals surface area contributed by atoms with Crippen LogP contribution in [0.25, 0.3) is 0 Å². The summed E-state index contributed by atoms with van der Waals surface area (Å²) in [7, 11) is 0. The first-order chi connectivity index (χ1) is 8.39. The number of carbonyl (C=O) groups excluding carboxylic acids is 1. The number of Topliss-reactive ketones (excluding diaryl/α,β-unsaturated/α-hetero) is 1. The maximum absolute atomic E-state index is 12.9. The number of alkyl halides is 3. The minimum absolute atomic E-state index is 0.197. The highest BCUT2D eigenvalue weighted by Gasteiger charge is 2.37. The van der Waals surface area contributed by atoms with Gasteiger partial charge >= 0.3 is 6.18 Å². The maximum atomic E-state index is 12.9. The fourth-order valence-corrected chi connectivity index (χ4v) is 2.73. The summed E-state index contributed by atoms with van der Waals surface area (Å²) in [5, 5.41) is 0. The molecule has 2 rings (SSSR count). The van der Waals surface area contributed by atoms with Crippen LogP contribution in [0.4, 0.5) is 13.2 Å². The van der Waals surface area contributed by atoms with Gasteiger partial charge in [0, 0.05) is 16.0 Å². The Labute approximate surface area is 112 Å². The number of hydrogen-bond acceptors (Lipinski definition) is 1. The molecule has 1 aromatic carbocycles. The minimum atomic E-state index is -4.49. The molecule has 1 nitrogen and oxygen atoms in total.